The van der Waals surface area contributed by atoms with E-state index in [0.717, 1.165) is 24.3 Å². The second kappa shape index (κ2) is 8.05. The van der Waals surface area contributed by atoms with Crippen LogP contribution in [0, 0.1) is 0 Å². The third-order valence-electron chi connectivity index (χ3n) is 3.05. The van der Waals surface area contributed by atoms with Crippen molar-refractivity contribution >= 4 is 11.3 Å². The highest BCUT2D eigenvalue weighted by Gasteiger charge is 2.08. The fourth-order valence-electron chi connectivity index (χ4n) is 2.16. The standard InChI is InChI=1S/C17H23NO2S/c1-3-19-17-12-14(11-13(2)18)6-7-16(17)20-9-8-15-5-4-10-21-15/h4-7,10,12-13H,3,8-9,11,18H2,1-2H3. The van der Waals surface area contributed by atoms with Gasteiger partial charge < -0.3 is 15.2 Å². The third kappa shape index (κ3) is 5.06. The smallest absolute Gasteiger partial charge is 0.161 e. The van der Waals surface area contributed by atoms with E-state index in [9.17, 15) is 0 Å². The van der Waals surface area contributed by atoms with Crippen LogP contribution in [0.15, 0.2) is 35.7 Å². The van der Waals surface area contributed by atoms with Crippen LogP contribution >= 0.6 is 11.3 Å². The van der Waals surface area contributed by atoms with Crippen molar-refractivity contribution in [3.8, 4) is 11.5 Å². The Morgan fingerprint density at radius 1 is 1.19 bits per heavy atom. The van der Waals surface area contributed by atoms with Crippen LogP contribution in [0.4, 0.5) is 0 Å². The number of hydrogen-bond acceptors (Lipinski definition) is 4. The van der Waals surface area contributed by atoms with Gasteiger partial charge in [0.1, 0.15) is 0 Å². The lowest BCUT2D eigenvalue weighted by Crippen LogP contribution is -2.17. The summed E-state index contributed by atoms with van der Waals surface area (Å²) in [6.07, 6.45) is 1.76. The van der Waals surface area contributed by atoms with Crippen molar-refractivity contribution in [2.45, 2.75) is 32.7 Å². The van der Waals surface area contributed by atoms with Crippen LogP contribution in [0.1, 0.15) is 24.3 Å². The number of thiophene rings is 1. The zero-order valence-corrected chi connectivity index (χ0v) is 13.5. The molecule has 0 aliphatic rings. The van der Waals surface area contributed by atoms with Gasteiger partial charge in [-0.15, -0.1) is 11.3 Å². The van der Waals surface area contributed by atoms with Crippen molar-refractivity contribution < 1.29 is 9.47 Å². The molecular formula is C17H23NO2S. The molecule has 0 aliphatic heterocycles. The number of ether oxygens (including phenoxy) is 2. The lowest BCUT2D eigenvalue weighted by molar-refractivity contribution is 0.279. The van der Waals surface area contributed by atoms with Crippen LogP contribution in [0.5, 0.6) is 11.5 Å². The van der Waals surface area contributed by atoms with Gasteiger partial charge in [0.2, 0.25) is 0 Å². The molecule has 2 N–H and O–H groups in total. The minimum atomic E-state index is 0.144. The lowest BCUT2D eigenvalue weighted by atomic mass is 10.1. The van der Waals surface area contributed by atoms with Gasteiger partial charge in [-0.3, -0.25) is 0 Å². The second-order valence-electron chi connectivity index (χ2n) is 5.07. The molecule has 21 heavy (non-hydrogen) atoms. The summed E-state index contributed by atoms with van der Waals surface area (Å²) in [7, 11) is 0. The van der Waals surface area contributed by atoms with E-state index in [1.165, 1.54) is 10.4 Å². The number of benzene rings is 1. The van der Waals surface area contributed by atoms with E-state index < -0.39 is 0 Å². The first-order chi connectivity index (χ1) is 10.2. The van der Waals surface area contributed by atoms with E-state index in [2.05, 4.69) is 23.6 Å². The molecule has 2 rings (SSSR count). The van der Waals surface area contributed by atoms with Gasteiger partial charge in [0, 0.05) is 17.3 Å². The largest absolute Gasteiger partial charge is 0.490 e. The summed E-state index contributed by atoms with van der Waals surface area (Å²) in [5.74, 6) is 1.61. The van der Waals surface area contributed by atoms with Crippen LogP contribution < -0.4 is 15.2 Å². The van der Waals surface area contributed by atoms with Gasteiger partial charge in [0.25, 0.3) is 0 Å². The van der Waals surface area contributed by atoms with Crippen molar-refractivity contribution in [2.24, 2.45) is 5.73 Å². The fraction of sp³-hybridized carbons (Fsp3) is 0.412. The minimum Gasteiger partial charge on any atom is -0.490 e. The molecule has 3 nitrogen and oxygen atoms in total. The summed E-state index contributed by atoms with van der Waals surface area (Å²) in [4.78, 5) is 1.33. The molecular weight excluding hydrogens is 282 g/mol. The number of nitrogens with two attached hydrogens (primary N) is 1. The van der Waals surface area contributed by atoms with Gasteiger partial charge >= 0.3 is 0 Å². The highest BCUT2D eigenvalue weighted by Crippen LogP contribution is 2.29. The first-order valence-corrected chi connectivity index (χ1v) is 8.23. The number of rotatable bonds is 8. The molecule has 0 bridgehead atoms. The molecule has 0 radical (unpaired) electrons. The summed E-state index contributed by atoms with van der Waals surface area (Å²) in [6.45, 7) is 5.27. The van der Waals surface area contributed by atoms with Gasteiger partial charge in [-0.2, -0.15) is 0 Å². The van der Waals surface area contributed by atoms with E-state index in [4.69, 9.17) is 15.2 Å². The molecule has 1 heterocycles. The summed E-state index contributed by atoms with van der Waals surface area (Å²) < 4.78 is 11.6. The molecule has 0 saturated heterocycles. The maximum absolute atomic E-state index is 5.87. The predicted octanol–water partition coefficient (Wildman–Crippen LogP) is 3.66. The Morgan fingerprint density at radius 2 is 2.05 bits per heavy atom. The Labute approximate surface area is 130 Å². The van der Waals surface area contributed by atoms with Crippen molar-refractivity contribution in [3.05, 3.63) is 46.2 Å². The Hall–Kier alpha value is -1.52. The Kier molecular flexibility index (Phi) is 6.08. The SMILES string of the molecule is CCOc1cc(CC(C)N)ccc1OCCc1cccs1. The molecule has 114 valence electrons. The van der Waals surface area contributed by atoms with Crippen molar-refractivity contribution in [2.75, 3.05) is 13.2 Å². The van der Waals surface area contributed by atoms with Gasteiger partial charge in [0.15, 0.2) is 11.5 Å². The molecule has 0 spiro atoms. The maximum Gasteiger partial charge on any atom is 0.161 e. The Morgan fingerprint density at radius 3 is 2.71 bits per heavy atom. The Bertz CT molecular complexity index is 538. The second-order valence-corrected chi connectivity index (χ2v) is 6.11. The van der Waals surface area contributed by atoms with E-state index in [-0.39, 0.29) is 6.04 Å². The molecule has 0 amide bonds. The molecule has 1 atom stereocenters. The first-order valence-electron chi connectivity index (χ1n) is 7.35. The van der Waals surface area contributed by atoms with Crippen LogP contribution in [0.3, 0.4) is 0 Å². The molecule has 0 saturated carbocycles. The molecule has 0 fully saturated rings. The van der Waals surface area contributed by atoms with Crippen LogP contribution in [0.2, 0.25) is 0 Å². The van der Waals surface area contributed by atoms with E-state index >= 15 is 0 Å². The van der Waals surface area contributed by atoms with Crippen LogP contribution in [0.25, 0.3) is 0 Å². The number of hydrogen-bond donors (Lipinski definition) is 1. The van der Waals surface area contributed by atoms with Crippen molar-refractivity contribution in [1.29, 1.82) is 0 Å². The van der Waals surface area contributed by atoms with Crippen molar-refractivity contribution in [3.63, 3.8) is 0 Å². The topological polar surface area (TPSA) is 44.5 Å². The molecule has 0 aliphatic carbocycles. The average Bonchev–Trinajstić information content (AvgIpc) is 2.94. The van der Waals surface area contributed by atoms with Gasteiger partial charge in [-0.05, 0) is 49.4 Å². The molecule has 1 aromatic carbocycles. The lowest BCUT2D eigenvalue weighted by Gasteiger charge is -2.14. The van der Waals surface area contributed by atoms with Crippen LogP contribution in [-0.2, 0) is 12.8 Å². The summed E-state index contributed by atoms with van der Waals surface area (Å²) >= 11 is 1.76. The Balaban J connectivity index is 1.99. The van der Waals surface area contributed by atoms with E-state index in [1.807, 2.05) is 26.0 Å². The highest BCUT2D eigenvalue weighted by atomic mass is 32.1. The van der Waals surface area contributed by atoms with Crippen LogP contribution in [-0.4, -0.2) is 19.3 Å². The zero-order chi connectivity index (χ0) is 15.1. The highest BCUT2D eigenvalue weighted by molar-refractivity contribution is 7.09. The monoisotopic (exact) mass is 305 g/mol. The van der Waals surface area contributed by atoms with Gasteiger partial charge in [0.05, 0.1) is 13.2 Å². The predicted molar refractivity (Wildman–Crippen MR) is 88.5 cm³/mol. The quantitative estimate of drug-likeness (QED) is 0.809. The summed E-state index contributed by atoms with van der Waals surface area (Å²) in [5, 5.41) is 2.09. The van der Waals surface area contributed by atoms with Crippen molar-refractivity contribution in [1.82, 2.24) is 0 Å². The zero-order valence-electron chi connectivity index (χ0n) is 12.7. The third-order valence-corrected chi connectivity index (χ3v) is 3.99. The first kappa shape index (κ1) is 15.9. The summed E-state index contributed by atoms with van der Waals surface area (Å²) in [6, 6.07) is 10.4. The molecule has 1 unspecified atom stereocenters. The van der Waals surface area contributed by atoms with E-state index in [0.29, 0.717) is 13.2 Å². The minimum absolute atomic E-state index is 0.144. The van der Waals surface area contributed by atoms with Gasteiger partial charge in [-0.1, -0.05) is 12.1 Å². The summed E-state index contributed by atoms with van der Waals surface area (Å²) in [5.41, 5.74) is 7.03. The van der Waals surface area contributed by atoms with Gasteiger partial charge in [-0.25, -0.2) is 0 Å². The average molecular weight is 305 g/mol. The maximum atomic E-state index is 5.87. The van der Waals surface area contributed by atoms with E-state index in [1.54, 1.807) is 11.3 Å². The normalized spacial score (nSPS) is 12.1. The molecule has 4 heteroatoms. The molecule has 1 aromatic heterocycles. The molecule has 2 aromatic rings. The fourth-order valence-corrected chi connectivity index (χ4v) is 2.85.